The molecule has 12 heteroatoms. The van der Waals surface area contributed by atoms with Crippen molar-refractivity contribution >= 4 is 45.3 Å². The fourth-order valence-electron chi connectivity index (χ4n) is 8.25. The quantitative estimate of drug-likeness (QED) is 0.292. The number of aryl methyl sites for hydroxylation is 2. The minimum absolute atomic E-state index is 0.0527. The van der Waals surface area contributed by atoms with E-state index in [0.29, 0.717) is 28.6 Å². The molecule has 4 aliphatic heterocycles. The molecule has 0 aliphatic carbocycles. The standard InChI is InChI=1S/C40H48BrN3O8/c1-6-24(3)30(21-45)44-36-38(48)43(29-19-23(2)16-17-25(29)4)18-12-8-11-15-31(46)42-28(22-50-5)34(26-13-9-7-10-14-26)51-39(49)32-33(37(44)47)40(36)20-27(41)35(32)52-40/h7-10,12-14,16-17,19-20,24,28,30,32-36,45H,6,11,15,18,21-22H2,1-5H3,(H,42,46)/b12-8-/t24-,28+,30-,32-,33+,34+,35-,36-,40+/m0/s1. The minimum atomic E-state index is -1.53. The summed E-state index contributed by atoms with van der Waals surface area (Å²) in [6.07, 6.45) is 4.81. The maximum absolute atomic E-state index is 15.4. The van der Waals surface area contributed by atoms with Gasteiger partial charge in [0.15, 0.2) is 0 Å². The summed E-state index contributed by atoms with van der Waals surface area (Å²) in [6.45, 7) is 7.61. The molecule has 5 bridgehead atoms. The number of rotatable bonds is 8. The van der Waals surface area contributed by atoms with Gasteiger partial charge in [-0.3, -0.25) is 19.2 Å². The van der Waals surface area contributed by atoms with Crippen LogP contribution >= 0.6 is 15.9 Å². The zero-order chi connectivity index (χ0) is 37.3. The average molecular weight is 779 g/mol. The minimum Gasteiger partial charge on any atom is -0.455 e. The van der Waals surface area contributed by atoms with Gasteiger partial charge in [0.1, 0.15) is 29.8 Å². The molecule has 2 aromatic carbocycles. The summed E-state index contributed by atoms with van der Waals surface area (Å²) < 4.78 is 19.1. The first kappa shape index (κ1) is 37.9. The first-order valence-corrected chi connectivity index (χ1v) is 18.8. The lowest BCUT2D eigenvalue weighted by atomic mass is 9.74. The number of carbonyl (C=O) groups is 4. The number of anilines is 1. The van der Waals surface area contributed by atoms with E-state index in [4.69, 9.17) is 14.2 Å². The van der Waals surface area contributed by atoms with Crippen LogP contribution in [0, 0.1) is 31.6 Å². The number of ether oxygens (including phenoxy) is 3. The van der Waals surface area contributed by atoms with Crippen LogP contribution in [0.25, 0.3) is 0 Å². The second-order valence-electron chi connectivity index (χ2n) is 14.4. The van der Waals surface area contributed by atoms with Crippen LogP contribution in [0.4, 0.5) is 5.69 Å². The Morgan fingerprint density at radius 2 is 1.81 bits per heavy atom. The molecular formula is C40H48BrN3O8. The number of cyclic esters (lactones) is 1. The lowest BCUT2D eigenvalue weighted by Crippen LogP contribution is -2.59. The van der Waals surface area contributed by atoms with Crippen LogP contribution in [0.3, 0.4) is 0 Å². The van der Waals surface area contributed by atoms with Crippen molar-refractivity contribution in [3.05, 3.63) is 87.9 Å². The third-order valence-corrected chi connectivity index (χ3v) is 11.7. The zero-order valence-corrected chi connectivity index (χ0v) is 31.9. The number of fused-ring (bicyclic) bond motifs is 2. The van der Waals surface area contributed by atoms with Crippen molar-refractivity contribution in [2.45, 2.75) is 82.9 Å². The van der Waals surface area contributed by atoms with Gasteiger partial charge < -0.3 is 34.4 Å². The van der Waals surface area contributed by atoms with E-state index in [1.54, 1.807) is 11.0 Å². The molecule has 0 unspecified atom stereocenters. The maximum atomic E-state index is 15.4. The lowest BCUT2D eigenvalue weighted by molar-refractivity contribution is -0.163. The van der Waals surface area contributed by atoms with E-state index in [9.17, 15) is 19.5 Å². The summed E-state index contributed by atoms with van der Waals surface area (Å²) in [5.74, 6) is -4.22. The molecule has 0 aromatic heterocycles. The van der Waals surface area contributed by atoms with Crippen LogP contribution in [0.5, 0.6) is 0 Å². The van der Waals surface area contributed by atoms with Gasteiger partial charge in [-0.05, 0) is 55.0 Å². The van der Waals surface area contributed by atoms with Gasteiger partial charge in [-0.1, -0.05) is 90.8 Å². The van der Waals surface area contributed by atoms with Gasteiger partial charge in [-0.25, -0.2) is 0 Å². The van der Waals surface area contributed by atoms with Crippen molar-refractivity contribution < 1.29 is 38.5 Å². The molecule has 6 rings (SSSR count). The number of likely N-dealkylation sites (tertiary alicyclic amines) is 1. The van der Waals surface area contributed by atoms with E-state index in [1.165, 1.54) is 12.0 Å². The van der Waals surface area contributed by atoms with Crippen LogP contribution in [0.2, 0.25) is 0 Å². The first-order chi connectivity index (χ1) is 25.0. The van der Waals surface area contributed by atoms with E-state index < -0.39 is 65.6 Å². The molecule has 9 atom stereocenters. The lowest BCUT2D eigenvalue weighted by Gasteiger charge is -2.40. The van der Waals surface area contributed by atoms with Crippen molar-refractivity contribution in [1.29, 1.82) is 0 Å². The molecule has 4 heterocycles. The van der Waals surface area contributed by atoms with Crippen molar-refractivity contribution in [2.24, 2.45) is 17.8 Å². The Morgan fingerprint density at radius 3 is 2.50 bits per heavy atom. The van der Waals surface area contributed by atoms with E-state index in [-0.39, 0.29) is 38.0 Å². The fraction of sp³-hybridized carbons (Fsp3) is 0.500. The average Bonchev–Trinajstić information content (AvgIpc) is 3.73. The monoisotopic (exact) mass is 777 g/mol. The van der Waals surface area contributed by atoms with Crippen molar-refractivity contribution in [3.8, 4) is 0 Å². The molecule has 52 heavy (non-hydrogen) atoms. The van der Waals surface area contributed by atoms with Crippen molar-refractivity contribution in [1.82, 2.24) is 10.2 Å². The molecule has 3 amide bonds. The summed E-state index contributed by atoms with van der Waals surface area (Å²) in [5, 5.41) is 13.9. The highest BCUT2D eigenvalue weighted by molar-refractivity contribution is 9.11. The number of halogens is 1. The van der Waals surface area contributed by atoms with Crippen molar-refractivity contribution in [2.75, 3.05) is 31.8 Å². The molecule has 2 N–H and O–H groups in total. The third-order valence-electron chi connectivity index (χ3n) is 11.1. The second-order valence-corrected chi connectivity index (χ2v) is 15.3. The van der Waals surface area contributed by atoms with Gasteiger partial charge in [0.2, 0.25) is 11.8 Å². The highest BCUT2D eigenvalue weighted by atomic mass is 79.9. The van der Waals surface area contributed by atoms with Crippen LogP contribution < -0.4 is 10.2 Å². The number of hydrogen-bond donors (Lipinski definition) is 2. The summed E-state index contributed by atoms with van der Waals surface area (Å²) in [7, 11) is 1.51. The molecule has 1 spiro atoms. The van der Waals surface area contributed by atoms with Crippen LogP contribution in [0.1, 0.15) is 55.9 Å². The molecule has 2 fully saturated rings. The predicted octanol–water partition coefficient (Wildman–Crippen LogP) is 4.68. The number of carbonyl (C=O) groups excluding carboxylic acids is 4. The number of methoxy groups -OCH3 is 1. The Kier molecular flexibility index (Phi) is 11.4. The number of nitrogens with one attached hydrogen (secondary N) is 1. The molecule has 0 radical (unpaired) electrons. The summed E-state index contributed by atoms with van der Waals surface area (Å²) >= 11 is 3.64. The molecule has 2 aromatic rings. The topological polar surface area (TPSA) is 135 Å². The van der Waals surface area contributed by atoms with Gasteiger partial charge >= 0.3 is 5.97 Å². The fourth-order valence-corrected chi connectivity index (χ4v) is 8.98. The Balaban J connectivity index is 1.53. The highest BCUT2D eigenvalue weighted by Crippen LogP contribution is 2.60. The van der Waals surface area contributed by atoms with Crippen LogP contribution in [-0.2, 0) is 33.4 Å². The molecular weight excluding hydrogens is 730 g/mol. The Labute approximate surface area is 313 Å². The van der Waals surface area contributed by atoms with Gasteiger partial charge in [-0.15, -0.1) is 0 Å². The molecule has 4 aliphatic rings. The zero-order valence-electron chi connectivity index (χ0n) is 30.3. The van der Waals surface area contributed by atoms with E-state index in [0.717, 1.165) is 11.1 Å². The highest BCUT2D eigenvalue weighted by Gasteiger charge is 2.75. The number of esters is 1. The van der Waals surface area contributed by atoms with Crippen LogP contribution in [0.15, 0.2) is 71.2 Å². The Hall–Kier alpha value is -3.84. The Morgan fingerprint density at radius 1 is 1.06 bits per heavy atom. The number of aliphatic hydroxyl groups is 1. The normalized spacial score (nSPS) is 31.2. The first-order valence-electron chi connectivity index (χ1n) is 18.0. The summed E-state index contributed by atoms with van der Waals surface area (Å²) in [4.78, 5) is 61.5. The SMILES string of the molecule is CC[C@H](C)[C@H](CO)N1C(=O)[C@H]2[C@@H]3C(=O)O[C@H](c4ccccc4)[C@@H](COC)NC(=O)CC/C=C\CN(c4cc(C)ccc4C)C(=O)[C@H]1[C@@]21C=C(Br)[C@@H]3O1. The number of aliphatic hydroxyl groups excluding tert-OH is 1. The van der Waals surface area contributed by atoms with Crippen molar-refractivity contribution in [3.63, 3.8) is 0 Å². The molecule has 278 valence electrons. The molecule has 11 nitrogen and oxygen atoms in total. The van der Waals surface area contributed by atoms with Gasteiger partial charge in [0.05, 0.1) is 31.2 Å². The number of benzene rings is 2. The molecule has 0 saturated carbocycles. The summed E-state index contributed by atoms with van der Waals surface area (Å²) in [5.41, 5.74) is 1.58. The van der Waals surface area contributed by atoms with Gasteiger partial charge in [0, 0.05) is 30.2 Å². The van der Waals surface area contributed by atoms with E-state index >= 15 is 4.79 Å². The number of hydrogen-bond acceptors (Lipinski definition) is 8. The maximum Gasteiger partial charge on any atom is 0.313 e. The Bertz CT molecular complexity index is 1750. The summed E-state index contributed by atoms with van der Waals surface area (Å²) in [6, 6.07) is 12.3. The smallest absolute Gasteiger partial charge is 0.313 e. The largest absolute Gasteiger partial charge is 0.455 e. The number of allylic oxidation sites excluding steroid dienone is 1. The number of nitrogens with zero attached hydrogens (tertiary/aromatic N) is 2. The predicted molar refractivity (Wildman–Crippen MR) is 198 cm³/mol. The second kappa shape index (κ2) is 15.6. The van der Waals surface area contributed by atoms with E-state index in [2.05, 4.69) is 21.2 Å². The molecule has 2 saturated heterocycles. The number of amides is 3. The van der Waals surface area contributed by atoms with Gasteiger partial charge in [0.25, 0.3) is 5.91 Å². The van der Waals surface area contributed by atoms with Gasteiger partial charge in [-0.2, -0.15) is 0 Å². The third kappa shape index (κ3) is 6.74. The van der Waals surface area contributed by atoms with E-state index in [1.807, 2.05) is 88.4 Å². The van der Waals surface area contributed by atoms with Crippen LogP contribution in [-0.4, -0.2) is 90.4 Å².